The molecule has 8 nitrogen and oxygen atoms in total. The molecule has 0 amide bonds. The van der Waals surface area contributed by atoms with Gasteiger partial charge >= 0.3 is 0 Å². The average Bonchev–Trinajstić information content (AvgIpc) is 3.11. The molecular formula is C18H22N6O2S. The van der Waals surface area contributed by atoms with Crippen molar-refractivity contribution in [2.75, 3.05) is 31.2 Å². The highest BCUT2D eigenvalue weighted by Crippen LogP contribution is 2.23. The second-order valence-corrected chi connectivity index (χ2v) is 8.87. The van der Waals surface area contributed by atoms with E-state index in [-0.39, 0.29) is 4.90 Å². The Bertz CT molecular complexity index is 1040. The summed E-state index contributed by atoms with van der Waals surface area (Å²) in [6.07, 6.45) is 6.78. The molecule has 0 bridgehead atoms. The highest BCUT2D eigenvalue weighted by molar-refractivity contribution is 7.90. The fourth-order valence-electron chi connectivity index (χ4n) is 3.34. The molecule has 0 radical (unpaired) electrons. The molecule has 3 aromatic rings. The second kappa shape index (κ2) is 7.24. The van der Waals surface area contributed by atoms with Crippen molar-refractivity contribution in [1.82, 2.24) is 25.1 Å². The maximum Gasteiger partial charge on any atom is 0.175 e. The maximum atomic E-state index is 11.6. The fraction of sp³-hybridized carbons (Fsp3) is 0.389. The molecule has 3 heterocycles. The van der Waals surface area contributed by atoms with Gasteiger partial charge in [0.05, 0.1) is 22.2 Å². The third kappa shape index (κ3) is 3.79. The molecule has 1 aromatic carbocycles. The van der Waals surface area contributed by atoms with Crippen molar-refractivity contribution in [1.29, 1.82) is 0 Å². The fourth-order valence-corrected chi connectivity index (χ4v) is 3.97. The van der Waals surface area contributed by atoms with Gasteiger partial charge < -0.3 is 10.6 Å². The van der Waals surface area contributed by atoms with Crippen molar-refractivity contribution in [3.05, 3.63) is 36.8 Å². The van der Waals surface area contributed by atoms with E-state index < -0.39 is 9.84 Å². The summed E-state index contributed by atoms with van der Waals surface area (Å²) >= 11 is 0. The molecule has 0 saturated carbocycles. The van der Waals surface area contributed by atoms with Crippen LogP contribution in [-0.2, 0) is 9.84 Å². The van der Waals surface area contributed by atoms with Gasteiger partial charge in [-0.15, -0.1) is 0 Å². The molecule has 0 unspecified atom stereocenters. The van der Waals surface area contributed by atoms with Crippen LogP contribution < -0.4 is 10.6 Å². The smallest absolute Gasteiger partial charge is 0.175 e. The van der Waals surface area contributed by atoms with Crippen molar-refractivity contribution >= 4 is 26.7 Å². The van der Waals surface area contributed by atoms with Gasteiger partial charge in [0.2, 0.25) is 0 Å². The largest absolute Gasteiger partial charge is 0.369 e. The summed E-state index contributed by atoms with van der Waals surface area (Å²) in [5, 5.41) is 12.1. The van der Waals surface area contributed by atoms with E-state index in [1.807, 2.05) is 0 Å². The first kappa shape index (κ1) is 17.9. The predicted molar refractivity (Wildman–Crippen MR) is 104 cm³/mol. The highest BCUT2D eigenvalue weighted by Gasteiger charge is 2.16. The van der Waals surface area contributed by atoms with Crippen LogP contribution in [0.1, 0.15) is 12.8 Å². The molecule has 4 rings (SSSR count). The lowest BCUT2D eigenvalue weighted by Crippen LogP contribution is -2.31. The highest BCUT2D eigenvalue weighted by atomic mass is 32.2. The molecule has 2 aromatic heterocycles. The summed E-state index contributed by atoms with van der Waals surface area (Å²) in [6, 6.07) is 6.62. The molecule has 1 fully saturated rings. The van der Waals surface area contributed by atoms with Gasteiger partial charge in [-0.3, -0.25) is 0 Å². The van der Waals surface area contributed by atoms with Crippen molar-refractivity contribution in [3.63, 3.8) is 0 Å². The number of benzene rings is 1. The topological polar surface area (TPSA) is 102 Å². The van der Waals surface area contributed by atoms with E-state index in [9.17, 15) is 8.42 Å². The molecule has 1 saturated heterocycles. The van der Waals surface area contributed by atoms with Gasteiger partial charge in [-0.25, -0.2) is 23.1 Å². The van der Waals surface area contributed by atoms with Crippen LogP contribution in [0, 0.1) is 5.92 Å². The number of fused-ring (bicyclic) bond motifs is 1. The van der Waals surface area contributed by atoms with Gasteiger partial charge in [0.25, 0.3) is 0 Å². The Hall–Kier alpha value is -2.52. The minimum atomic E-state index is -3.23. The van der Waals surface area contributed by atoms with Crippen molar-refractivity contribution < 1.29 is 8.42 Å². The van der Waals surface area contributed by atoms with Crippen molar-refractivity contribution in [2.24, 2.45) is 5.92 Å². The third-order valence-electron chi connectivity index (χ3n) is 4.89. The van der Waals surface area contributed by atoms with Crippen LogP contribution in [-0.4, -0.2) is 54.1 Å². The van der Waals surface area contributed by atoms with Gasteiger partial charge in [-0.2, -0.15) is 5.10 Å². The molecule has 2 N–H and O–H groups in total. The molecule has 0 spiro atoms. The van der Waals surface area contributed by atoms with Gasteiger partial charge in [0, 0.05) is 12.8 Å². The Labute approximate surface area is 157 Å². The zero-order chi connectivity index (χ0) is 18.9. The van der Waals surface area contributed by atoms with Crippen LogP contribution in [0.4, 0.5) is 5.82 Å². The molecule has 9 heteroatoms. The van der Waals surface area contributed by atoms with E-state index in [2.05, 4.69) is 25.7 Å². The average molecular weight is 386 g/mol. The van der Waals surface area contributed by atoms with Crippen LogP contribution in [0.15, 0.2) is 41.7 Å². The van der Waals surface area contributed by atoms with Crippen LogP contribution >= 0.6 is 0 Å². The molecule has 1 aliphatic rings. The van der Waals surface area contributed by atoms with E-state index in [1.165, 1.54) is 12.6 Å². The molecule has 0 atom stereocenters. The first-order valence-corrected chi connectivity index (χ1v) is 10.9. The number of aromatic nitrogens is 4. The van der Waals surface area contributed by atoms with E-state index in [0.717, 1.165) is 49.4 Å². The van der Waals surface area contributed by atoms with E-state index in [4.69, 9.17) is 0 Å². The lowest BCUT2D eigenvalue weighted by molar-refractivity contribution is 0.389. The summed E-state index contributed by atoms with van der Waals surface area (Å²) < 4.78 is 25.0. The summed E-state index contributed by atoms with van der Waals surface area (Å²) in [5.74, 6) is 1.41. The molecular weight excluding hydrogens is 364 g/mol. The lowest BCUT2D eigenvalue weighted by atomic mass is 9.98. The molecule has 1 aliphatic heterocycles. The monoisotopic (exact) mass is 386 g/mol. The minimum absolute atomic E-state index is 0.279. The Morgan fingerprint density at radius 2 is 1.93 bits per heavy atom. The number of anilines is 1. The summed E-state index contributed by atoms with van der Waals surface area (Å²) in [7, 11) is -3.23. The zero-order valence-corrected chi connectivity index (χ0v) is 15.9. The minimum Gasteiger partial charge on any atom is -0.369 e. The normalized spacial score (nSPS) is 15.9. The van der Waals surface area contributed by atoms with Crippen molar-refractivity contribution in [2.45, 2.75) is 17.7 Å². The van der Waals surface area contributed by atoms with Crippen molar-refractivity contribution in [3.8, 4) is 5.69 Å². The number of nitrogens with one attached hydrogen (secondary N) is 2. The molecule has 27 heavy (non-hydrogen) atoms. The Kier molecular flexibility index (Phi) is 4.79. The Morgan fingerprint density at radius 1 is 1.19 bits per heavy atom. The standard InChI is InChI=1S/C18H22N6O2S/c1-27(25,26)15-4-2-14(3-5-15)24-18-16(11-23-24)17(21-12-22-18)20-10-13-6-8-19-9-7-13/h2-5,11-13,19H,6-10H2,1H3,(H,20,21,22). The maximum absolute atomic E-state index is 11.6. The second-order valence-electron chi connectivity index (χ2n) is 6.86. The first-order valence-electron chi connectivity index (χ1n) is 8.96. The number of hydrogen-bond acceptors (Lipinski definition) is 7. The number of rotatable bonds is 5. The SMILES string of the molecule is CS(=O)(=O)c1ccc(-n2ncc3c(NCC4CCNCC4)ncnc32)cc1. The molecule has 142 valence electrons. The van der Waals surface area contributed by atoms with Gasteiger partial charge in [0.1, 0.15) is 12.1 Å². The number of nitrogens with zero attached hydrogens (tertiary/aromatic N) is 4. The van der Waals surface area contributed by atoms with Crippen LogP contribution in [0.2, 0.25) is 0 Å². The molecule has 0 aliphatic carbocycles. The van der Waals surface area contributed by atoms with Crippen LogP contribution in [0.3, 0.4) is 0 Å². The summed E-state index contributed by atoms with van der Waals surface area (Å²) in [5.41, 5.74) is 1.44. The van der Waals surface area contributed by atoms with Gasteiger partial charge in [0.15, 0.2) is 15.5 Å². The van der Waals surface area contributed by atoms with E-state index in [1.54, 1.807) is 35.1 Å². The Balaban J connectivity index is 1.60. The van der Waals surface area contributed by atoms with Crippen LogP contribution in [0.5, 0.6) is 0 Å². The number of sulfone groups is 1. The van der Waals surface area contributed by atoms with Crippen LogP contribution in [0.25, 0.3) is 16.7 Å². The number of hydrogen-bond donors (Lipinski definition) is 2. The third-order valence-corrected chi connectivity index (χ3v) is 6.02. The predicted octanol–water partition coefficient (Wildman–Crippen LogP) is 1.63. The lowest BCUT2D eigenvalue weighted by Gasteiger charge is -2.23. The van der Waals surface area contributed by atoms with Gasteiger partial charge in [-0.1, -0.05) is 0 Å². The zero-order valence-electron chi connectivity index (χ0n) is 15.1. The Morgan fingerprint density at radius 3 is 2.63 bits per heavy atom. The summed E-state index contributed by atoms with van der Waals surface area (Å²) in [4.78, 5) is 9.02. The van der Waals surface area contributed by atoms with E-state index >= 15 is 0 Å². The number of piperidine rings is 1. The van der Waals surface area contributed by atoms with E-state index in [0.29, 0.717) is 11.6 Å². The summed E-state index contributed by atoms with van der Waals surface area (Å²) in [6.45, 7) is 3.00. The first-order chi connectivity index (χ1) is 13.0. The van der Waals surface area contributed by atoms with Gasteiger partial charge in [-0.05, 0) is 56.1 Å². The quantitative estimate of drug-likeness (QED) is 0.687.